The second-order valence-electron chi connectivity index (χ2n) is 8.75. The van der Waals surface area contributed by atoms with Crippen molar-refractivity contribution in [3.63, 3.8) is 0 Å². The van der Waals surface area contributed by atoms with Gasteiger partial charge in [0.05, 0.1) is 12.0 Å². The fraction of sp³-hybridized carbons (Fsp3) is 0.708. The van der Waals surface area contributed by atoms with Crippen LogP contribution < -0.4 is 0 Å². The summed E-state index contributed by atoms with van der Waals surface area (Å²) in [5, 5.41) is 8.78. The molecular formula is C24H37NO6. The van der Waals surface area contributed by atoms with Gasteiger partial charge in [0.2, 0.25) is 5.91 Å². The van der Waals surface area contributed by atoms with Gasteiger partial charge in [-0.3, -0.25) is 9.59 Å². The van der Waals surface area contributed by atoms with Gasteiger partial charge in [-0.05, 0) is 50.3 Å². The van der Waals surface area contributed by atoms with Crippen molar-refractivity contribution in [2.24, 2.45) is 11.8 Å². The van der Waals surface area contributed by atoms with Crippen LogP contribution in [0.15, 0.2) is 24.0 Å². The average Bonchev–Trinajstić information content (AvgIpc) is 3.14. The lowest BCUT2D eigenvalue weighted by atomic mass is 9.95. The van der Waals surface area contributed by atoms with Crippen molar-refractivity contribution in [3.05, 3.63) is 24.0 Å². The topological polar surface area (TPSA) is 93.1 Å². The third-order valence-electron chi connectivity index (χ3n) is 5.92. The third-order valence-corrected chi connectivity index (χ3v) is 5.92. The van der Waals surface area contributed by atoms with Gasteiger partial charge in [0, 0.05) is 6.61 Å². The molecule has 7 nitrogen and oxygen atoms in total. The van der Waals surface area contributed by atoms with Crippen molar-refractivity contribution in [1.82, 2.24) is 4.90 Å². The summed E-state index contributed by atoms with van der Waals surface area (Å²) in [5.74, 6) is -0.830. The van der Waals surface area contributed by atoms with E-state index in [-0.39, 0.29) is 31.0 Å². The largest absolute Gasteiger partial charge is 0.482 e. The van der Waals surface area contributed by atoms with E-state index < -0.39 is 24.0 Å². The Labute approximate surface area is 185 Å². The monoisotopic (exact) mass is 435 g/mol. The highest BCUT2D eigenvalue weighted by Crippen LogP contribution is 2.26. The van der Waals surface area contributed by atoms with E-state index in [2.05, 4.69) is 0 Å². The number of hydrogen-bond acceptors (Lipinski definition) is 6. The zero-order chi connectivity index (χ0) is 22.8. The fourth-order valence-electron chi connectivity index (χ4n) is 3.88. The molecule has 0 unspecified atom stereocenters. The Kier molecular flexibility index (Phi) is 10.2. The molecule has 0 aromatic carbocycles. The lowest BCUT2D eigenvalue weighted by Crippen LogP contribution is -2.48. The highest BCUT2D eigenvalue weighted by Gasteiger charge is 2.44. The summed E-state index contributed by atoms with van der Waals surface area (Å²) in [6, 6.07) is -0.324. The second kappa shape index (κ2) is 12.6. The van der Waals surface area contributed by atoms with Crippen molar-refractivity contribution in [2.75, 3.05) is 13.2 Å². The molecule has 2 rings (SSSR count). The minimum absolute atomic E-state index is 0.0654. The van der Waals surface area contributed by atoms with E-state index in [1.807, 2.05) is 19.9 Å². The Morgan fingerprint density at radius 2 is 1.74 bits per heavy atom. The summed E-state index contributed by atoms with van der Waals surface area (Å²) < 4.78 is 10.9. The number of rotatable bonds is 12. The number of amides is 2. The Hall–Kier alpha value is -2.15. The average molecular weight is 436 g/mol. The first-order chi connectivity index (χ1) is 14.9. The molecule has 0 spiro atoms. The number of carbonyl (C=O) groups excluding carboxylic acids is 3. The molecule has 0 aromatic heterocycles. The summed E-state index contributed by atoms with van der Waals surface area (Å²) in [4.78, 5) is 38.6. The Morgan fingerprint density at radius 3 is 2.39 bits per heavy atom. The molecule has 174 valence electrons. The maximum atomic E-state index is 13.0. The van der Waals surface area contributed by atoms with E-state index in [0.717, 1.165) is 43.4 Å². The molecule has 31 heavy (non-hydrogen) atoms. The van der Waals surface area contributed by atoms with E-state index in [9.17, 15) is 14.4 Å². The molecule has 1 saturated heterocycles. The van der Waals surface area contributed by atoms with Crippen LogP contribution in [0.3, 0.4) is 0 Å². The first kappa shape index (κ1) is 25.1. The van der Waals surface area contributed by atoms with Crippen molar-refractivity contribution < 1.29 is 29.0 Å². The number of unbranched alkanes of at least 4 members (excludes halogenated alkanes) is 7. The van der Waals surface area contributed by atoms with Gasteiger partial charge < -0.3 is 14.6 Å². The van der Waals surface area contributed by atoms with Gasteiger partial charge in [0.25, 0.3) is 0 Å². The van der Waals surface area contributed by atoms with Gasteiger partial charge in [-0.1, -0.05) is 46.0 Å². The molecule has 7 heteroatoms. The van der Waals surface area contributed by atoms with Crippen LogP contribution in [0.1, 0.15) is 72.1 Å². The molecule has 1 N–H and O–H groups in total. The van der Waals surface area contributed by atoms with Crippen LogP contribution in [-0.4, -0.2) is 53.1 Å². The maximum absolute atomic E-state index is 13.0. The molecule has 0 aliphatic carbocycles. The van der Waals surface area contributed by atoms with E-state index >= 15 is 0 Å². The molecule has 2 amide bonds. The van der Waals surface area contributed by atoms with Gasteiger partial charge >= 0.3 is 6.09 Å². The van der Waals surface area contributed by atoms with Crippen molar-refractivity contribution >= 4 is 17.8 Å². The first-order valence-corrected chi connectivity index (χ1v) is 11.6. The molecule has 2 heterocycles. The summed E-state index contributed by atoms with van der Waals surface area (Å²) in [6.45, 7) is 5.94. The Morgan fingerprint density at radius 1 is 1.10 bits per heavy atom. The van der Waals surface area contributed by atoms with Crippen LogP contribution in [-0.2, 0) is 19.1 Å². The van der Waals surface area contributed by atoms with Gasteiger partial charge in [-0.15, -0.1) is 0 Å². The van der Waals surface area contributed by atoms with Gasteiger partial charge in [0.15, 0.2) is 11.9 Å². The molecule has 0 aromatic rings. The minimum atomic E-state index is -0.934. The van der Waals surface area contributed by atoms with Crippen LogP contribution in [0, 0.1) is 11.8 Å². The number of aliphatic hydroxyl groups excluding tert-OH is 1. The smallest absolute Gasteiger partial charge is 0.416 e. The Bertz CT molecular complexity index is 684. The summed E-state index contributed by atoms with van der Waals surface area (Å²) >= 11 is 0. The van der Waals surface area contributed by atoms with E-state index in [0.29, 0.717) is 5.76 Å². The summed E-state index contributed by atoms with van der Waals surface area (Å²) in [6.07, 6.45) is 11.9. The van der Waals surface area contributed by atoms with Gasteiger partial charge in [0.1, 0.15) is 12.4 Å². The van der Waals surface area contributed by atoms with E-state index in [1.165, 1.54) is 18.9 Å². The van der Waals surface area contributed by atoms with Crippen LogP contribution in [0.2, 0.25) is 0 Å². The fourth-order valence-corrected chi connectivity index (χ4v) is 3.88. The number of cyclic esters (lactones) is 1. The molecule has 0 bridgehead atoms. The van der Waals surface area contributed by atoms with Crippen LogP contribution in [0.5, 0.6) is 0 Å². The van der Waals surface area contributed by atoms with Crippen molar-refractivity contribution in [2.45, 2.75) is 84.3 Å². The molecule has 2 aliphatic heterocycles. The molecule has 0 radical (unpaired) electrons. The molecular weight excluding hydrogens is 398 g/mol. The third kappa shape index (κ3) is 7.20. The predicted octanol–water partition coefficient (Wildman–Crippen LogP) is 4.15. The normalized spacial score (nSPS) is 23.4. The maximum Gasteiger partial charge on any atom is 0.416 e. The van der Waals surface area contributed by atoms with Crippen molar-refractivity contribution in [3.8, 4) is 0 Å². The highest BCUT2D eigenvalue weighted by atomic mass is 16.6. The quantitative estimate of drug-likeness (QED) is 0.463. The number of carbonyl (C=O) groups is 3. The second-order valence-corrected chi connectivity index (χ2v) is 8.75. The number of hydrogen-bond donors (Lipinski definition) is 1. The lowest BCUT2D eigenvalue weighted by molar-refractivity contribution is -0.143. The first-order valence-electron chi connectivity index (χ1n) is 11.6. The molecule has 0 saturated carbocycles. The lowest BCUT2D eigenvalue weighted by Gasteiger charge is -2.30. The zero-order valence-corrected chi connectivity index (χ0v) is 19.0. The standard InChI is InChI=1S/C24H37NO6/c1-17(2)20-16-30-24(29)25(20)23(28)18(3)22-21(27)14-13-19(31-22)12-10-8-6-4-5-7-9-11-15-26/h12-14,17-18,20,22,26H,4-11,15-16H2,1-3H3/t18-,20+,22+/m0/s1. The predicted molar refractivity (Wildman–Crippen MR) is 117 cm³/mol. The van der Waals surface area contributed by atoms with E-state index in [4.69, 9.17) is 14.6 Å². The highest BCUT2D eigenvalue weighted by molar-refractivity contribution is 6.01. The Balaban J connectivity index is 1.85. The summed E-state index contributed by atoms with van der Waals surface area (Å²) in [7, 11) is 0. The van der Waals surface area contributed by atoms with Crippen LogP contribution >= 0.6 is 0 Å². The van der Waals surface area contributed by atoms with Crippen LogP contribution in [0.4, 0.5) is 4.79 Å². The SMILES string of the molecule is CC(C)[C@H]1COC(=O)N1C(=O)[C@@H](C)[C@H]1OC(=CCCCCCCCCCO)C=CC1=O. The minimum Gasteiger partial charge on any atom is -0.482 e. The number of ether oxygens (including phenoxy) is 2. The number of ketones is 1. The molecule has 2 aliphatic rings. The summed E-state index contributed by atoms with van der Waals surface area (Å²) in [5.41, 5.74) is 0. The number of allylic oxidation sites excluding steroid dienone is 2. The van der Waals surface area contributed by atoms with Gasteiger partial charge in [-0.2, -0.15) is 0 Å². The zero-order valence-electron chi connectivity index (χ0n) is 19.0. The van der Waals surface area contributed by atoms with Crippen LogP contribution in [0.25, 0.3) is 0 Å². The van der Waals surface area contributed by atoms with Crippen molar-refractivity contribution in [1.29, 1.82) is 0 Å². The number of imide groups is 1. The number of aliphatic hydroxyl groups is 1. The molecule has 1 fully saturated rings. The number of nitrogens with zero attached hydrogens (tertiary/aromatic N) is 1. The van der Waals surface area contributed by atoms with Gasteiger partial charge in [-0.25, -0.2) is 9.69 Å². The molecule has 3 atom stereocenters. The van der Waals surface area contributed by atoms with E-state index in [1.54, 1.807) is 13.0 Å².